The molecule has 2 heteroatoms. The summed E-state index contributed by atoms with van der Waals surface area (Å²) in [5, 5.41) is 0. The van der Waals surface area contributed by atoms with E-state index in [2.05, 4.69) is 15.9 Å². The third-order valence-corrected chi connectivity index (χ3v) is 5.84. The molecule has 4 unspecified atom stereocenters. The maximum atomic E-state index is 13.3. The van der Waals surface area contributed by atoms with Gasteiger partial charge in [0.25, 0.3) is 0 Å². The minimum Gasteiger partial charge on any atom is -0.207 e. The third-order valence-electron chi connectivity index (χ3n) is 4.94. The molecule has 0 amide bonds. The monoisotopic (exact) mass is 310 g/mol. The van der Waals surface area contributed by atoms with Gasteiger partial charge in [0.05, 0.1) is 0 Å². The van der Waals surface area contributed by atoms with Crippen molar-refractivity contribution in [3.63, 3.8) is 0 Å². The van der Waals surface area contributed by atoms with E-state index in [-0.39, 0.29) is 5.82 Å². The van der Waals surface area contributed by atoms with Gasteiger partial charge in [-0.05, 0) is 67.6 Å². The van der Waals surface area contributed by atoms with Crippen molar-refractivity contribution in [2.75, 3.05) is 0 Å². The van der Waals surface area contributed by atoms with Crippen LogP contribution in [0.5, 0.6) is 0 Å². The van der Waals surface area contributed by atoms with Crippen LogP contribution in [-0.2, 0) is 0 Å². The molecule has 0 heterocycles. The van der Waals surface area contributed by atoms with Gasteiger partial charge in [-0.2, -0.15) is 0 Å². The Bertz CT molecular complexity index is 443. The standard InChI is InChI=1S/C16H20BrF/c1-10-6-13(4-5-16(10)18)15(17)9-14-8-11-2-3-12(14)7-11/h4-6,11-12,14-15H,2-3,7-9H2,1H3. The van der Waals surface area contributed by atoms with Crippen LogP contribution >= 0.6 is 15.9 Å². The van der Waals surface area contributed by atoms with Crippen molar-refractivity contribution in [3.05, 3.63) is 35.1 Å². The highest BCUT2D eigenvalue weighted by atomic mass is 79.9. The molecule has 0 spiro atoms. The molecule has 1 aromatic rings. The van der Waals surface area contributed by atoms with E-state index in [4.69, 9.17) is 0 Å². The van der Waals surface area contributed by atoms with Gasteiger partial charge in [-0.3, -0.25) is 0 Å². The normalized spacial score (nSPS) is 31.8. The van der Waals surface area contributed by atoms with E-state index in [1.165, 1.54) is 37.7 Å². The summed E-state index contributed by atoms with van der Waals surface area (Å²) in [6.45, 7) is 1.84. The highest BCUT2D eigenvalue weighted by Crippen LogP contribution is 2.51. The molecular formula is C16H20BrF. The van der Waals surface area contributed by atoms with Crippen LogP contribution in [0.4, 0.5) is 4.39 Å². The number of hydrogen-bond donors (Lipinski definition) is 0. The first-order valence-corrected chi connectivity index (χ1v) is 7.95. The molecule has 1 aromatic carbocycles. The fourth-order valence-corrected chi connectivity index (χ4v) is 4.69. The summed E-state index contributed by atoms with van der Waals surface area (Å²) >= 11 is 3.80. The lowest BCUT2D eigenvalue weighted by atomic mass is 9.84. The molecule has 0 saturated heterocycles. The summed E-state index contributed by atoms with van der Waals surface area (Å²) in [5.41, 5.74) is 1.99. The molecule has 0 N–H and O–H groups in total. The number of halogens is 2. The molecule has 4 atom stereocenters. The van der Waals surface area contributed by atoms with Crippen molar-refractivity contribution < 1.29 is 4.39 Å². The lowest BCUT2D eigenvalue weighted by molar-refractivity contribution is 0.314. The predicted octanol–water partition coefficient (Wildman–Crippen LogP) is 5.40. The first kappa shape index (κ1) is 12.7. The quantitative estimate of drug-likeness (QED) is 0.656. The van der Waals surface area contributed by atoms with Gasteiger partial charge in [0.1, 0.15) is 5.82 Å². The van der Waals surface area contributed by atoms with Crippen molar-refractivity contribution >= 4 is 15.9 Å². The number of aryl methyl sites for hydroxylation is 1. The summed E-state index contributed by atoms with van der Waals surface area (Å²) in [5.74, 6) is 2.77. The Balaban J connectivity index is 1.67. The second kappa shape index (κ2) is 4.96. The largest absolute Gasteiger partial charge is 0.207 e. The van der Waals surface area contributed by atoms with Gasteiger partial charge in [-0.25, -0.2) is 4.39 Å². The zero-order valence-electron chi connectivity index (χ0n) is 10.8. The molecule has 0 aromatic heterocycles. The zero-order chi connectivity index (χ0) is 12.7. The minimum absolute atomic E-state index is 0.0987. The molecule has 2 fully saturated rings. The van der Waals surface area contributed by atoms with Gasteiger partial charge in [-0.15, -0.1) is 0 Å². The number of hydrogen-bond acceptors (Lipinski definition) is 0. The molecule has 0 radical (unpaired) electrons. The van der Waals surface area contributed by atoms with Crippen LogP contribution in [0.3, 0.4) is 0 Å². The average molecular weight is 311 g/mol. The predicted molar refractivity (Wildman–Crippen MR) is 76.4 cm³/mol. The lowest BCUT2D eigenvalue weighted by Crippen LogP contribution is -2.12. The maximum Gasteiger partial charge on any atom is 0.126 e. The highest BCUT2D eigenvalue weighted by molar-refractivity contribution is 9.09. The van der Waals surface area contributed by atoms with Crippen LogP contribution in [-0.4, -0.2) is 0 Å². The van der Waals surface area contributed by atoms with Crippen LogP contribution in [0.1, 0.15) is 48.1 Å². The summed E-state index contributed by atoms with van der Waals surface area (Å²) in [6, 6.07) is 5.51. The first-order valence-electron chi connectivity index (χ1n) is 7.03. The topological polar surface area (TPSA) is 0 Å². The van der Waals surface area contributed by atoms with Crippen molar-refractivity contribution in [2.24, 2.45) is 17.8 Å². The van der Waals surface area contributed by atoms with Crippen LogP contribution in [0.15, 0.2) is 18.2 Å². The number of alkyl halides is 1. The molecule has 0 nitrogen and oxygen atoms in total. The minimum atomic E-state index is -0.0987. The Labute approximate surface area is 117 Å². The van der Waals surface area contributed by atoms with Crippen molar-refractivity contribution in [3.8, 4) is 0 Å². The second-order valence-electron chi connectivity index (χ2n) is 6.15. The van der Waals surface area contributed by atoms with Gasteiger partial charge in [-0.1, -0.05) is 34.5 Å². The molecule has 0 aliphatic heterocycles. The fourth-order valence-electron chi connectivity index (χ4n) is 3.93. The van der Waals surface area contributed by atoms with Crippen molar-refractivity contribution in [1.29, 1.82) is 0 Å². The van der Waals surface area contributed by atoms with E-state index in [1.54, 1.807) is 6.07 Å². The first-order chi connectivity index (χ1) is 8.63. The van der Waals surface area contributed by atoms with Gasteiger partial charge in [0.15, 0.2) is 0 Å². The van der Waals surface area contributed by atoms with Gasteiger partial charge in [0, 0.05) is 4.83 Å². The zero-order valence-corrected chi connectivity index (χ0v) is 12.4. The Morgan fingerprint density at radius 1 is 1.33 bits per heavy atom. The summed E-state index contributed by atoms with van der Waals surface area (Å²) in [4.78, 5) is 0.390. The van der Waals surface area contributed by atoms with E-state index in [0.29, 0.717) is 4.83 Å². The van der Waals surface area contributed by atoms with Gasteiger partial charge < -0.3 is 0 Å². The molecule has 18 heavy (non-hydrogen) atoms. The van der Waals surface area contributed by atoms with Crippen molar-refractivity contribution in [2.45, 2.75) is 43.9 Å². The van der Waals surface area contributed by atoms with E-state index in [1.807, 2.05) is 19.1 Å². The van der Waals surface area contributed by atoms with Crippen LogP contribution in [0.25, 0.3) is 0 Å². The van der Waals surface area contributed by atoms with E-state index in [0.717, 1.165) is 23.3 Å². The number of rotatable bonds is 3. The molecule has 98 valence electrons. The third kappa shape index (κ3) is 2.36. The summed E-state index contributed by atoms with van der Waals surface area (Å²) in [7, 11) is 0. The van der Waals surface area contributed by atoms with Gasteiger partial charge in [0.2, 0.25) is 0 Å². The van der Waals surface area contributed by atoms with Crippen LogP contribution in [0.2, 0.25) is 0 Å². The smallest absolute Gasteiger partial charge is 0.126 e. The highest BCUT2D eigenvalue weighted by Gasteiger charge is 2.39. The lowest BCUT2D eigenvalue weighted by Gasteiger charge is -2.24. The number of benzene rings is 1. The molecule has 2 aliphatic carbocycles. The Kier molecular flexibility index (Phi) is 3.48. The number of fused-ring (bicyclic) bond motifs is 2. The average Bonchev–Trinajstić information content (AvgIpc) is 2.94. The van der Waals surface area contributed by atoms with E-state index < -0.39 is 0 Å². The van der Waals surface area contributed by atoms with E-state index in [9.17, 15) is 4.39 Å². The van der Waals surface area contributed by atoms with E-state index >= 15 is 0 Å². The summed E-state index contributed by atoms with van der Waals surface area (Å²) in [6.07, 6.45) is 7.01. The van der Waals surface area contributed by atoms with Crippen LogP contribution < -0.4 is 0 Å². The van der Waals surface area contributed by atoms with Gasteiger partial charge >= 0.3 is 0 Å². The second-order valence-corrected chi connectivity index (χ2v) is 7.25. The maximum absolute atomic E-state index is 13.3. The molecule has 2 aliphatic rings. The van der Waals surface area contributed by atoms with Crippen molar-refractivity contribution in [1.82, 2.24) is 0 Å². The SMILES string of the molecule is Cc1cc(C(Br)CC2CC3CCC2C3)ccc1F. The molecule has 2 bridgehead atoms. The Morgan fingerprint density at radius 2 is 2.17 bits per heavy atom. The molecule has 3 rings (SSSR count). The van der Waals surface area contributed by atoms with Crippen LogP contribution in [0, 0.1) is 30.5 Å². The Hall–Kier alpha value is -0.370. The molecular weight excluding hydrogens is 291 g/mol. The fraction of sp³-hybridized carbons (Fsp3) is 0.625. The summed E-state index contributed by atoms with van der Waals surface area (Å²) < 4.78 is 13.3. The Morgan fingerprint density at radius 3 is 2.78 bits per heavy atom. The molecule has 2 saturated carbocycles.